The predicted molar refractivity (Wildman–Crippen MR) is 71.9 cm³/mol. The molecule has 0 radical (unpaired) electrons. The second-order valence-corrected chi connectivity index (χ2v) is 4.99. The normalized spacial score (nSPS) is 18.4. The van der Waals surface area contributed by atoms with Crippen molar-refractivity contribution in [1.82, 2.24) is 0 Å². The minimum Gasteiger partial charge on any atom is -1.00 e. The van der Waals surface area contributed by atoms with Crippen molar-refractivity contribution in [3.8, 4) is 0 Å². The van der Waals surface area contributed by atoms with Gasteiger partial charge in [-0.2, -0.15) is 0 Å². The largest absolute Gasteiger partial charge is 2.00 e. The number of hydrogen-bond donors (Lipinski definition) is 1. The summed E-state index contributed by atoms with van der Waals surface area (Å²) >= 11 is 0. The second-order valence-electron chi connectivity index (χ2n) is 4.99. The number of rotatable bonds is 2. The molecule has 1 aliphatic rings. The Hall–Kier alpha value is -0.0457. The second kappa shape index (κ2) is 9.07. The van der Waals surface area contributed by atoms with E-state index in [1.54, 1.807) is 0 Å². The fraction of sp³-hybridized carbons (Fsp3) is 0.375. The maximum atomic E-state index is 9.87. The molecule has 2 unspecified atom stereocenters. The summed E-state index contributed by atoms with van der Waals surface area (Å²) in [7, 11) is 0. The van der Waals surface area contributed by atoms with E-state index in [1.165, 1.54) is 22.3 Å². The first kappa shape index (κ1) is 22.2. The molecule has 0 heterocycles. The molecule has 1 nitrogen and oxygen atoms in total. The van der Waals surface area contributed by atoms with Gasteiger partial charge in [-0.05, 0) is 38.8 Å². The number of aliphatic hydroxyl groups is 1. The van der Waals surface area contributed by atoms with Gasteiger partial charge in [-0.1, -0.05) is 47.1 Å². The molecular weight excluding hydrogens is 327 g/mol. The van der Waals surface area contributed by atoms with Crippen molar-refractivity contribution >= 4 is 0 Å². The van der Waals surface area contributed by atoms with Gasteiger partial charge in [0, 0.05) is 5.92 Å². The molecule has 2 rings (SSSR count). The third kappa shape index (κ3) is 4.22. The summed E-state index contributed by atoms with van der Waals surface area (Å²) in [6.45, 7) is 8.35. The van der Waals surface area contributed by atoms with Crippen LogP contribution in [0.4, 0.5) is 0 Å². The SMILES string of the molecule is CC1=CC(C)=C(C)C1c1ccccc1C(C)O.[Cl-].[Cl-].[Ti+2]. The molecule has 4 heteroatoms. The maximum absolute atomic E-state index is 9.87. The average Bonchev–Trinajstić information content (AvgIpc) is 2.53. The monoisotopic (exact) mass is 346 g/mol. The third-order valence-electron chi connectivity index (χ3n) is 3.71. The van der Waals surface area contributed by atoms with E-state index >= 15 is 0 Å². The molecule has 1 aromatic carbocycles. The first-order valence-electron chi connectivity index (χ1n) is 6.14. The molecule has 0 bridgehead atoms. The molecule has 1 aromatic rings. The third-order valence-corrected chi connectivity index (χ3v) is 3.71. The minimum atomic E-state index is -0.410. The summed E-state index contributed by atoms with van der Waals surface area (Å²) in [5.74, 6) is 0.348. The van der Waals surface area contributed by atoms with Crippen LogP contribution in [0.1, 0.15) is 50.8 Å². The van der Waals surface area contributed by atoms with Crippen LogP contribution in [-0.2, 0) is 21.7 Å². The van der Waals surface area contributed by atoms with Crippen molar-refractivity contribution in [2.24, 2.45) is 0 Å². The zero-order chi connectivity index (χ0) is 12.6. The Morgan fingerprint density at radius 2 is 1.60 bits per heavy atom. The molecule has 20 heavy (non-hydrogen) atoms. The van der Waals surface area contributed by atoms with Gasteiger partial charge in [0.25, 0.3) is 0 Å². The number of allylic oxidation sites excluding steroid dienone is 4. The molecule has 0 spiro atoms. The van der Waals surface area contributed by atoms with Crippen LogP contribution in [0.2, 0.25) is 0 Å². The average molecular weight is 347 g/mol. The maximum Gasteiger partial charge on any atom is 2.00 e. The number of halogens is 2. The van der Waals surface area contributed by atoms with E-state index in [0.29, 0.717) is 5.92 Å². The van der Waals surface area contributed by atoms with E-state index in [9.17, 15) is 5.11 Å². The van der Waals surface area contributed by atoms with Crippen molar-refractivity contribution in [3.05, 3.63) is 58.2 Å². The molecule has 1 aliphatic carbocycles. The number of aliphatic hydroxyl groups excluding tert-OH is 1. The predicted octanol–water partition coefficient (Wildman–Crippen LogP) is -1.87. The molecule has 0 saturated heterocycles. The Balaban J connectivity index is 0. The van der Waals surface area contributed by atoms with E-state index in [-0.39, 0.29) is 46.5 Å². The van der Waals surface area contributed by atoms with Crippen molar-refractivity contribution in [2.75, 3.05) is 0 Å². The molecule has 0 aliphatic heterocycles. The van der Waals surface area contributed by atoms with Crippen LogP contribution in [0, 0.1) is 0 Å². The van der Waals surface area contributed by atoms with Crippen LogP contribution in [0.25, 0.3) is 0 Å². The van der Waals surface area contributed by atoms with Crippen molar-refractivity contribution < 1.29 is 51.6 Å². The molecule has 108 valence electrons. The van der Waals surface area contributed by atoms with Crippen LogP contribution in [0.3, 0.4) is 0 Å². The van der Waals surface area contributed by atoms with Gasteiger partial charge >= 0.3 is 21.7 Å². The zero-order valence-corrected chi connectivity index (χ0v) is 15.3. The van der Waals surface area contributed by atoms with Gasteiger partial charge in [0.15, 0.2) is 0 Å². The fourth-order valence-electron chi connectivity index (χ4n) is 2.74. The van der Waals surface area contributed by atoms with Gasteiger partial charge < -0.3 is 29.9 Å². The van der Waals surface area contributed by atoms with Gasteiger partial charge in [0.2, 0.25) is 0 Å². The van der Waals surface area contributed by atoms with Crippen LogP contribution >= 0.6 is 0 Å². The molecule has 0 aromatic heterocycles. The van der Waals surface area contributed by atoms with Crippen LogP contribution < -0.4 is 24.8 Å². The van der Waals surface area contributed by atoms with Crippen molar-refractivity contribution in [3.63, 3.8) is 0 Å². The summed E-state index contributed by atoms with van der Waals surface area (Å²) in [5, 5.41) is 9.87. The van der Waals surface area contributed by atoms with Gasteiger partial charge in [-0.3, -0.25) is 0 Å². The topological polar surface area (TPSA) is 20.2 Å². The van der Waals surface area contributed by atoms with Gasteiger partial charge in [-0.25, -0.2) is 0 Å². The molecule has 2 atom stereocenters. The molecular formula is C16H20Cl2OTi. The van der Waals surface area contributed by atoms with E-state index in [0.717, 1.165) is 5.56 Å². The zero-order valence-electron chi connectivity index (χ0n) is 12.2. The quantitative estimate of drug-likeness (QED) is 0.622. The van der Waals surface area contributed by atoms with E-state index in [4.69, 9.17) is 0 Å². The molecule has 0 fully saturated rings. The summed E-state index contributed by atoms with van der Waals surface area (Å²) < 4.78 is 0. The minimum absolute atomic E-state index is 0. The van der Waals surface area contributed by atoms with Crippen molar-refractivity contribution in [1.29, 1.82) is 0 Å². The Morgan fingerprint density at radius 1 is 1.05 bits per heavy atom. The summed E-state index contributed by atoms with van der Waals surface area (Å²) in [5.41, 5.74) is 6.40. The molecule has 1 N–H and O–H groups in total. The summed E-state index contributed by atoms with van der Waals surface area (Å²) in [4.78, 5) is 0. The van der Waals surface area contributed by atoms with Crippen LogP contribution in [-0.4, -0.2) is 5.11 Å². The van der Waals surface area contributed by atoms with E-state index < -0.39 is 6.10 Å². The summed E-state index contributed by atoms with van der Waals surface area (Å²) in [6, 6.07) is 8.20. The molecule has 0 amide bonds. The Bertz CT molecular complexity index is 507. The van der Waals surface area contributed by atoms with Gasteiger partial charge in [-0.15, -0.1) is 0 Å². The smallest absolute Gasteiger partial charge is 1.00 e. The Kier molecular flexibility index (Phi) is 10.1. The van der Waals surface area contributed by atoms with Crippen molar-refractivity contribution in [2.45, 2.75) is 39.7 Å². The van der Waals surface area contributed by atoms with Crippen LogP contribution in [0.15, 0.2) is 47.1 Å². The standard InChI is InChI=1S/C16H20O.2ClH.Ti/c1-10-9-11(2)16(12(10)3)15-8-6-5-7-14(15)13(4)17;;;/h5-9,13,16-17H,1-4H3;2*1H;/q;;;+2/p-2. The van der Waals surface area contributed by atoms with E-state index in [2.05, 4.69) is 39.0 Å². The number of hydrogen-bond acceptors (Lipinski definition) is 1. The van der Waals surface area contributed by atoms with Gasteiger partial charge in [0.1, 0.15) is 0 Å². The number of benzene rings is 1. The Morgan fingerprint density at radius 3 is 2.05 bits per heavy atom. The fourth-order valence-corrected chi connectivity index (χ4v) is 2.74. The summed E-state index contributed by atoms with van der Waals surface area (Å²) in [6.07, 6.45) is 1.84. The Labute approximate surface area is 149 Å². The molecule has 0 saturated carbocycles. The van der Waals surface area contributed by atoms with Crippen LogP contribution in [0.5, 0.6) is 0 Å². The van der Waals surface area contributed by atoms with E-state index in [1.807, 2.05) is 19.1 Å². The first-order valence-corrected chi connectivity index (χ1v) is 6.14. The van der Waals surface area contributed by atoms with Gasteiger partial charge in [0.05, 0.1) is 6.10 Å². The first-order chi connectivity index (χ1) is 8.02.